The molecule has 27 heavy (non-hydrogen) atoms. The third-order valence-corrected chi connectivity index (χ3v) is 5.94. The zero-order valence-electron chi connectivity index (χ0n) is 15.4. The molecule has 6 nitrogen and oxygen atoms in total. The van der Waals surface area contributed by atoms with E-state index in [9.17, 15) is 10.1 Å². The van der Waals surface area contributed by atoms with E-state index >= 15 is 0 Å². The molecule has 2 aliphatic rings. The fourth-order valence-corrected chi connectivity index (χ4v) is 4.45. The number of likely N-dealkylation sites (N-methyl/N-ethyl adjacent to an activating group) is 1. The Morgan fingerprint density at radius 2 is 2.04 bits per heavy atom. The Balaban J connectivity index is 1.93. The summed E-state index contributed by atoms with van der Waals surface area (Å²) < 4.78 is 11.6. The first-order chi connectivity index (χ1) is 12.7. The van der Waals surface area contributed by atoms with Crippen molar-refractivity contribution in [3.05, 3.63) is 62.7 Å². The van der Waals surface area contributed by atoms with Crippen LogP contribution >= 0.6 is 11.6 Å². The second-order valence-corrected chi connectivity index (χ2v) is 7.68. The van der Waals surface area contributed by atoms with Gasteiger partial charge in [-0.15, -0.1) is 0 Å². The molecule has 0 N–H and O–H groups in total. The minimum Gasteiger partial charge on any atom is -0.496 e. The highest BCUT2D eigenvalue weighted by atomic mass is 35.5. The SMILES string of the molecule is COc1cc2c(c([N+](=O)[O-])c1)OC1(C=C2)N(C)c2c(Cl)cccc2C1(C)C. The molecule has 2 aromatic carbocycles. The summed E-state index contributed by atoms with van der Waals surface area (Å²) in [7, 11) is 3.37. The maximum atomic E-state index is 11.7. The Morgan fingerprint density at radius 1 is 1.30 bits per heavy atom. The van der Waals surface area contributed by atoms with E-state index in [2.05, 4.69) is 13.8 Å². The number of para-hydroxylation sites is 1. The summed E-state index contributed by atoms with van der Waals surface area (Å²) in [6, 6.07) is 8.87. The molecule has 0 radical (unpaired) electrons. The molecule has 1 atom stereocenters. The van der Waals surface area contributed by atoms with Gasteiger partial charge in [0.1, 0.15) is 5.75 Å². The van der Waals surface area contributed by atoms with Gasteiger partial charge < -0.3 is 14.4 Å². The summed E-state index contributed by atoms with van der Waals surface area (Å²) >= 11 is 6.47. The molecular weight excluding hydrogens is 368 g/mol. The summed E-state index contributed by atoms with van der Waals surface area (Å²) in [6.45, 7) is 4.10. The van der Waals surface area contributed by atoms with Crippen molar-refractivity contribution in [2.24, 2.45) is 0 Å². The first-order valence-corrected chi connectivity index (χ1v) is 8.88. The highest BCUT2D eigenvalue weighted by Gasteiger charge is 2.58. The monoisotopic (exact) mass is 386 g/mol. The number of anilines is 1. The number of rotatable bonds is 2. The number of halogens is 1. The zero-order valence-corrected chi connectivity index (χ0v) is 16.2. The predicted octanol–water partition coefficient (Wildman–Crippen LogP) is 4.79. The van der Waals surface area contributed by atoms with Crippen LogP contribution in [0.1, 0.15) is 25.0 Å². The average molecular weight is 387 g/mol. The normalized spacial score (nSPS) is 21.6. The summed E-state index contributed by atoms with van der Waals surface area (Å²) in [5.74, 6) is 0.641. The Labute approximate surface area is 162 Å². The third kappa shape index (κ3) is 2.19. The molecule has 7 heteroatoms. The highest BCUT2D eigenvalue weighted by molar-refractivity contribution is 6.33. The van der Waals surface area contributed by atoms with Crippen LogP contribution in [0.4, 0.5) is 11.4 Å². The van der Waals surface area contributed by atoms with Crippen LogP contribution < -0.4 is 14.4 Å². The summed E-state index contributed by atoms with van der Waals surface area (Å²) in [6.07, 6.45) is 3.79. The first kappa shape index (κ1) is 17.7. The van der Waals surface area contributed by atoms with Gasteiger partial charge >= 0.3 is 5.69 Å². The highest BCUT2D eigenvalue weighted by Crippen LogP contribution is 2.57. The van der Waals surface area contributed by atoms with E-state index < -0.39 is 16.1 Å². The first-order valence-electron chi connectivity index (χ1n) is 8.50. The number of hydrogen-bond acceptors (Lipinski definition) is 5. The van der Waals surface area contributed by atoms with Crippen LogP contribution in [-0.4, -0.2) is 24.8 Å². The van der Waals surface area contributed by atoms with Gasteiger partial charge in [0.15, 0.2) is 0 Å². The molecule has 0 bridgehead atoms. The third-order valence-electron chi connectivity index (χ3n) is 5.64. The number of ether oxygens (including phenoxy) is 2. The van der Waals surface area contributed by atoms with Gasteiger partial charge in [0.05, 0.1) is 34.2 Å². The number of fused-ring (bicyclic) bond motifs is 2. The van der Waals surface area contributed by atoms with Crippen LogP contribution in [0.25, 0.3) is 6.08 Å². The van der Waals surface area contributed by atoms with Crippen molar-refractivity contribution in [3.63, 3.8) is 0 Å². The van der Waals surface area contributed by atoms with Crippen molar-refractivity contribution in [1.29, 1.82) is 0 Å². The number of hydrogen-bond donors (Lipinski definition) is 0. The Hall–Kier alpha value is -2.73. The molecule has 0 aliphatic carbocycles. The average Bonchev–Trinajstić information content (AvgIpc) is 2.80. The van der Waals surface area contributed by atoms with E-state index in [1.807, 2.05) is 42.3 Å². The van der Waals surface area contributed by atoms with E-state index in [-0.39, 0.29) is 11.4 Å². The zero-order chi connectivity index (χ0) is 19.6. The minimum absolute atomic E-state index is 0.126. The summed E-state index contributed by atoms with van der Waals surface area (Å²) in [5, 5.41) is 12.3. The maximum absolute atomic E-state index is 11.7. The van der Waals surface area contributed by atoms with Crippen molar-refractivity contribution in [3.8, 4) is 11.5 Å². The van der Waals surface area contributed by atoms with Crippen molar-refractivity contribution >= 4 is 29.1 Å². The van der Waals surface area contributed by atoms with Crippen LogP contribution in [-0.2, 0) is 5.41 Å². The largest absolute Gasteiger partial charge is 0.496 e. The molecule has 2 heterocycles. The smallest absolute Gasteiger partial charge is 0.315 e. The van der Waals surface area contributed by atoms with Crippen LogP contribution in [0.15, 0.2) is 36.4 Å². The fraction of sp³-hybridized carbons (Fsp3) is 0.300. The fourth-order valence-electron chi connectivity index (χ4n) is 4.14. The molecule has 1 unspecified atom stereocenters. The van der Waals surface area contributed by atoms with Crippen molar-refractivity contribution in [2.45, 2.75) is 25.0 Å². The number of nitrogens with zero attached hydrogens (tertiary/aromatic N) is 2. The molecule has 2 aliphatic heterocycles. The van der Waals surface area contributed by atoms with Crippen molar-refractivity contribution < 1.29 is 14.4 Å². The molecule has 0 saturated heterocycles. The molecule has 140 valence electrons. The van der Waals surface area contributed by atoms with Crippen LogP contribution in [0.5, 0.6) is 11.5 Å². The molecule has 0 amide bonds. The van der Waals surface area contributed by atoms with E-state index in [4.69, 9.17) is 21.1 Å². The van der Waals surface area contributed by atoms with Gasteiger partial charge in [-0.25, -0.2) is 0 Å². The van der Waals surface area contributed by atoms with E-state index in [0.717, 1.165) is 11.3 Å². The number of benzene rings is 2. The van der Waals surface area contributed by atoms with Gasteiger partial charge in [0, 0.05) is 12.6 Å². The quantitative estimate of drug-likeness (QED) is 0.548. The van der Waals surface area contributed by atoms with Crippen LogP contribution in [0.3, 0.4) is 0 Å². The minimum atomic E-state index is -0.938. The lowest BCUT2D eigenvalue weighted by molar-refractivity contribution is -0.386. The predicted molar refractivity (Wildman–Crippen MR) is 105 cm³/mol. The van der Waals surface area contributed by atoms with E-state index in [1.165, 1.54) is 13.2 Å². The molecule has 2 aromatic rings. The molecule has 4 rings (SSSR count). The van der Waals surface area contributed by atoms with Gasteiger partial charge in [-0.2, -0.15) is 0 Å². The lowest BCUT2D eigenvalue weighted by atomic mass is 9.76. The van der Waals surface area contributed by atoms with E-state index in [0.29, 0.717) is 16.3 Å². The topological polar surface area (TPSA) is 64.8 Å². The molecule has 0 aromatic heterocycles. The van der Waals surface area contributed by atoms with Crippen LogP contribution in [0, 0.1) is 10.1 Å². The van der Waals surface area contributed by atoms with Crippen molar-refractivity contribution in [2.75, 3.05) is 19.1 Å². The number of nitro benzene ring substituents is 1. The van der Waals surface area contributed by atoms with Crippen LogP contribution in [0.2, 0.25) is 5.02 Å². The Morgan fingerprint density at radius 3 is 2.67 bits per heavy atom. The summed E-state index contributed by atoms with van der Waals surface area (Å²) in [5.41, 5.74) is 0.948. The van der Waals surface area contributed by atoms with Gasteiger partial charge in [-0.05, 0) is 43.7 Å². The molecule has 0 saturated carbocycles. The summed E-state index contributed by atoms with van der Waals surface area (Å²) in [4.78, 5) is 13.2. The molecule has 0 fully saturated rings. The van der Waals surface area contributed by atoms with Crippen molar-refractivity contribution in [1.82, 2.24) is 0 Å². The molecular formula is C20H19ClN2O4. The standard InChI is InChI=1S/C20H19ClN2O4/c1-19(2)14-6-5-7-15(21)17(14)22(3)20(19)9-8-12-10-13(26-4)11-16(23(24)25)18(12)27-20/h5-11H,1-4H3. The van der Waals surface area contributed by atoms with Gasteiger partial charge in [-0.3, -0.25) is 10.1 Å². The Bertz CT molecular complexity index is 1000. The number of methoxy groups -OCH3 is 1. The lowest BCUT2D eigenvalue weighted by Gasteiger charge is -2.45. The second-order valence-electron chi connectivity index (χ2n) is 7.27. The van der Waals surface area contributed by atoms with Gasteiger partial charge in [0.2, 0.25) is 11.5 Å². The maximum Gasteiger partial charge on any atom is 0.315 e. The molecule has 1 spiro atoms. The second kappa shape index (κ2) is 5.63. The van der Waals surface area contributed by atoms with E-state index in [1.54, 1.807) is 6.07 Å². The van der Waals surface area contributed by atoms with Gasteiger partial charge in [0.25, 0.3) is 0 Å². The Kier molecular flexibility index (Phi) is 3.69. The lowest BCUT2D eigenvalue weighted by Crippen LogP contribution is -2.58. The number of nitro groups is 1. The van der Waals surface area contributed by atoms with Gasteiger partial charge in [-0.1, -0.05) is 23.7 Å².